The van der Waals surface area contributed by atoms with Crippen LogP contribution >= 0.6 is 0 Å². The zero-order chi connectivity index (χ0) is 12.3. The number of nitrogens with zero attached hydrogens (tertiary/aromatic N) is 1. The van der Waals surface area contributed by atoms with Gasteiger partial charge in [0.1, 0.15) is 0 Å². The Labute approximate surface area is 103 Å². The number of nitrogens with two attached hydrogens (primary N) is 1. The highest BCUT2D eigenvalue weighted by molar-refractivity contribution is 5.78. The average Bonchev–Trinajstić information content (AvgIpc) is 2.26. The molecule has 0 unspecified atom stereocenters. The molecule has 0 aromatic carbocycles. The Morgan fingerprint density at radius 1 is 1.41 bits per heavy atom. The molecule has 1 heterocycles. The Balaban J connectivity index is 1.61. The first-order valence-corrected chi connectivity index (χ1v) is 6.47. The van der Waals surface area contributed by atoms with E-state index in [1.807, 2.05) is 0 Å². The monoisotopic (exact) mass is 241 g/mol. The summed E-state index contributed by atoms with van der Waals surface area (Å²) < 4.78 is 5.18. The van der Waals surface area contributed by atoms with Gasteiger partial charge in [0, 0.05) is 32.3 Å². The van der Waals surface area contributed by atoms with Crippen molar-refractivity contribution in [3.63, 3.8) is 0 Å². The van der Waals surface area contributed by atoms with Crippen LogP contribution in [0.2, 0.25) is 0 Å². The van der Waals surface area contributed by atoms with Gasteiger partial charge >= 0.3 is 0 Å². The van der Waals surface area contributed by atoms with Crippen LogP contribution in [0.15, 0.2) is 0 Å². The van der Waals surface area contributed by atoms with Gasteiger partial charge in [0.15, 0.2) is 0 Å². The van der Waals surface area contributed by atoms with E-state index in [1.54, 1.807) is 7.11 Å². The SMILES string of the molecule is COC1CC(NC(=O)CN2CCC(N)CC2)C1. The molecule has 0 aromatic heterocycles. The van der Waals surface area contributed by atoms with Crippen molar-refractivity contribution in [3.05, 3.63) is 0 Å². The Kier molecular flexibility index (Phi) is 4.36. The summed E-state index contributed by atoms with van der Waals surface area (Å²) in [4.78, 5) is 14.0. The van der Waals surface area contributed by atoms with Crippen LogP contribution < -0.4 is 11.1 Å². The van der Waals surface area contributed by atoms with Gasteiger partial charge in [0.25, 0.3) is 0 Å². The van der Waals surface area contributed by atoms with Crippen LogP contribution in [-0.2, 0) is 9.53 Å². The fourth-order valence-corrected chi connectivity index (χ4v) is 2.46. The Hall–Kier alpha value is -0.650. The van der Waals surface area contributed by atoms with Crippen LogP contribution in [0.1, 0.15) is 25.7 Å². The quantitative estimate of drug-likeness (QED) is 0.709. The topological polar surface area (TPSA) is 67.6 Å². The highest BCUT2D eigenvalue weighted by Crippen LogP contribution is 2.22. The van der Waals surface area contributed by atoms with Crippen LogP contribution in [-0.4, -0.2) is 55.7 Å². The van der Waals surface area contributed by atoms with E-state index >= 15 is 0 Å². The van der Waals surface area contributed by atoms with Gasteiger partial charge in [-0.05, 0) is 25.7 Å². The van der Waals surface area contributed by atoms with Gasteiger partial charge in [-0.3, -0.25) is 9.69 Å². The van der Waals surface area contributed by atoms with E-state index in [4.69, 9.17) is 10.5 Å². The van der Waals surface area contributed by atoms with Crippen LogP contribution in [0, 0.1) is 0 Å². The van der Waals surface area contributed by atoms with Gasteiger partial charge in [-0.2, -0.15) is 0 Å². The van der Waals surface area contributed by atoms with Gasteiger partial charge in [-0.15, -0.1) is 0 Å². The Bertz CT molecular complexity index is 258. The van der Waals surface area contributed by atoms with E-state index in [2.05, 4.69) is 10.2 Å². The number of hydrogen-bond acceptors (Lipinski definition) is 4. The molecular weight excluding hydrogens is 218 g/mol. The molecule has 0 bridgehead atoms. The minimum absolute atomic E-state index is 0.139. The lowest BCUT2D eigenvalue weighted by atomic mass is 9.89. The van der Waals surface area contributed by atoms with E-state index in [0.717, 1.165) is 38.8 Å². The van der Waals surface area contributed by atoms with Crippen molar-refractivity contribution in [3.8, 4) is 0 Å². The van der Waals surface area contributed by atoms with E-state index in [9.17, 15) is 4.79 Å². The molecule has 1 saturated carbocycles. The summed E-state index contributed by atoms with van der Waals surface area (Å²) in [6.07, 6.45) is 4.25. The molecule has 1 aliphatic heterocycles. The molecule has 0 spiro atoms. The standard InChI is InChI=1S/C12H23N3O2/c1-17-11-6-10(7-11)14-12(16)8-15-4-2-9(13)3-5-15/h9-11H,2-8,13H2,1H3,(H,14,16). The second-order valence-corrected chi connectivity index (χ2v) is 5.21. The largest absolute Gasteiger partial charge is 0.381 e. The summed E-state index contributed by atoms with van der Waals surface area (Å²) in [6.45, 7) is 2.40. The number of hydrogen-bond donors (Lipinski definition) is 2. The van der Waals surface area contributed by atoms with Crippen molar-refractivity contribution in [2.45, 2.75) is 43.9 Å². The maximum Gasteiger partial charge on any atom is 0.234 e. The zero-order valence-corrected chi connectivity index (χ0v) is 10.5. The molecule has 5 nitrogen and oxygen atoms in total. The minimum Gasteiger partial charge on any atom is -0.381 e. The summed E-state index contributed by atoms with van der Waals surface area (Å²) in [7, 11) is 1.72. The summed E-state index contributed by atoms with van der Waals surface area (Å²) in [5.74, 6) is 0.139. The van der Waals surface area contributed by atoms with E-state index in [0.29, 0.717) is 24.7 Å². The van der Waals surface area contributed by atoms with Crippen LogP contribution in [0.25, 0.3) is 0 Å². The number of carbonyl (C=O) groups excluding carboxylic acids is 1. The molecule has 2 rings (SSSR count). The number of likely N-dealkylation sites (tertiary alicyclic amines) is 1. The molecule has 1 amide bonds. The Morgan fingerprint density at radius 2 is 2.06 bits per heavy atom. The van der Waals surface area contributed by atoms with Crippen LogP contribution in [0.5, 0.6) is 0 Å². The number of piperidine rings is 1. The smallest absolute Gasteiger partial charge is 0.234 e. The first-order valence-electron chi connectivity index (χ1n) is 6.47. The maximum absolute atomic E-state index is 11.8. The highest BCUT2D eigenvalue weighted by atomic mass is 16.5. The lowest BCUT2D eigenvalue weighted by Gasteiger charge is -2.35. The third-order valence-electron chi connectivity index (χ3n) is 3.79. The van der Waals surface area contributed by atoms with Crippen LogP contribution in [0.3, 0.4) is 0 Å². The highest BCUT2D eigenvalue weighted by Gasteiger charge is 2.30. The second-order valence-electron chi connectivity index (χ2n) is 5.21. The normalized spacial score (nSPS) is 30.9. The number of carbonyl (C=O) groups is 1. The summed E-state index contributed by atoms with van der Waals surface area (Å²) in [5.41, 5.74) is 5.83. The predicted octanol–water partition coefficient (Wildman–Crippen LogP) is -0.297. The van der Waals surface area contributed by atoms with E-state index < -0.39 is 0 Å². The zero-order valence-electron chi connectivity index (χ0n) is 10.5. The molecule has 0 atom stereocenters. The van der Waals surface area contributed by atoms with Gasteiger partial charge in [-0.1, -0.05) is 0 Å². The maximum atomic E-state index is 11.8. The van der Waals surface area contributed by atoms with Gasteiger partial charge in [0.2, 0.25) is 5.91 Å². The molecule has 98 valence electrons. The molecule has 1 aliphatic carbocycles. The van der Waals surface area contributed by atoms with Gasteiger partial charge in [-0.25, -0.2) is 0 Å². The van der Waals surface area contributed by atoms with Crippen molar-refractivity contribution < 1.29 is 9.53 Å². The fraction of sp³-hybridized carbons (Fsp3) is 0.917. The number of amides is 1. The Morgan fingerprint density at radius 3 is 2.65 bits per heavy atom. The molecule has 17 heavy (non-hydrogen) atoms. The number of methoxy groups -OCH3 is 1. The first kappa shape index (κ1) is 12.8. The minimum atomic E-state index is 0.139. The molecule has 0 radical (unpaired) electrons. The number of ether oxygens (including phenoxy) is 1. The second kappa shape index (κ2) is 5.80. The van der Waals surface area contributed by atoms with Crippen molar-refractivity contribution in [2.24, 2.45) is 5.73 Å². The average molecular weight is 241 g/mol. The van der Waals surface area contributed by atoms with Crippen LogP contribution in [0.4, 0.5) is 0 Å². The van der Waals surface area contributed by atoms with Crippen molar-refractivity contribution in [1.82, 2.24) is 10.2 Å². The third kappa shape index (κ3) is 3.66. The molecule has 3 N–H and O–H groups in total. The molecule has 5 heteroatoms. The van der Waals surface area contributed by atoms with Crippen molar-refractivity contribution in [1.29, 1.82) is 0 Å². The summed E-state index contributed by atoms with van der Waals surface area (Å²) >= 11 is 0. The summed E-state index contributed by atoms with van der Waals surface area (Å²) in [6, 6.07) is 0.642. The number of nitrogens with one attached hydrogen (secondary N) is 1. The molecular formula is C12H23N3O2. The molecule has 1 saturated heterocycles. The lowest BCUT2D eigenvalue weighted by Crippen LogP contribution is -2.51. The van der Waals surface area contributed by atoms with E-state index in [1.165, 1.54) is 0 Å². The van der Waals surface area contributed by atoms with Crippen molar-refractivity contribution >= 4 is 5.91 Å². The van der Waals surface area contributed by atoms with E-state index in [-0.39, 0.29) is 5.91 Å². The van der Waals surface area contributed by atoms with Gasteiger partial charge < -0.3 is 15.8 Å². The molecule has 2 fully saturated rings. The third-order valence-corrected chi connectivity index (χ3v) is 3.79. The molecule has 0 aromatic rings. The first-order chi connectivity index (χ1) is 8.17. The lowest BCUT2D eigenvalue weighted by molar-refractivity contribution is -0.124. The fourth-order valence-electron chi connectivity index (χ4n) is 2.46. The van der Waals surface area contributed by atoms with Gasteiger partial charge in [0.05, 0.1) is 12.6 Å². The van der Waals surface area contributed by atoms with Crippen molar-refractivity contribution in [2.75, 3.05) is 26.7 Å². The number of rotatable bonds is 4. The predicted molar refractivity (Wildman–Crippen MR) is 65.6 cm³/mol. The summed E-state index contributed by atoms with van der Waals surface area (Å²) in [5, 5.41) is 3.05. The molecule has 2 aliphatic rings.